The van der Waals surface area contributed by atoms with Crippen LogP contribution in [-0.2, 0) is 9.53 Å². The molecule has 26 heavy (non-hydrogen) atoms. The molecule has 1 aliphatic rings. The summed E-state index contributed by atoms with van der Waals surface area (Å²) < 4.78 is 10.4. The fraction of sp³-hybridized carbons (Fsp3) is 0.684. The van der Waals surface area contributed by atoms with Gasteiger partial charge in [-0.3, -0.25) is 14.7 Å². The van der Waals surface area contributed by atoms with Crippen LogP contribution in [-0.4, -0.2) is 56.7 Å². The summed E-state index contributed by atoms with van der Waals surface area (Å²) in [5.74, 6) is 1.17. The van der Waals surface area contributed by atoms with Crippen molar-refractivity contribution in [1.29, 1.82) is 0 Å². The van der Waals surface area contributed by atoms with Crippen molar-refractivity contribution in [2.24, 2.45) is 10.9 Å². The molecule has 1 saturated heterocycles. The second kappa shape index (κ2) is 10.9. The van der Waals surface area contributed by atoms with Gasteiger partial charge in [-0.1, -0.05) is 13.3 Å². The summed E-state index contributed by atoms with van der Waals surface area (Å²) in [6, 6.07) is 4.14. The minimum atomic E-state index is -0.265. The molecular formula is C19H32N4O3. The third-order valence-corrected chi connectivity index (χ3v) is 4.64. The average Bonchev–Trinajstić information content (AvgIpc) is 3.20. The van der Waals surface area contributed by atoms with Crippen molar-refractivity contribution in [3.05, 3.63) is 24.2 Å². The standard InChI is InChI=1S/C19H32N4O3/c1-4-20-19(21-13-15(2)18(24)25-3)22-14-16(17-9-8-12-26-17)23-10-6-5-7-11-23/h8-9,12,15-16H,4-7,10-11,13-14H2,1-3H3,(H2,20,21,22). The van der Waals surface area contributed by atoms with Crippen LogP contribution in [0.1, 0.15) is 44.9 Å². The molecule has 2 heterocycles. The van der Waals surface area contributed by atoms with E-state index in [0.717, 1.165) is 25.4 Å². The zero-order valence-electron chi connectivity index (χ0n) is 16.2. The summed E-state index contributed by atoms with van der Waals surface area (Å²) >= 11 is 0. The molecule has 1 aromatic rings. The Morgan fingerprint density at radius 2 is 2.12 bits per heavy atom. The number of guanidine groups is 1. The van der Waals surface area contributed by atoms with Gasteiger partial charge in [-0.15, -0.1) is 0 Å². The summed E-state index contributed by atoms with van der Waals surface area (Å²) in [5.41, 5.74) is 0. The number of nitrogens with one attached hydrogen (secondary N) is 2. The molecule has 2 unspecified atom stereocenters. The molecule has 7 heteroatoms. The minimum absolute atomic E-state index is 0.173. The van der Waals surface area contributed by atoms with Crippen LogP contribution in [0.2, 0.25) is 0 Å². The SMILES string of the molecule is CCNC(=NCC(C)C(=O)OC)NCC(c1ccco1)N1CCCCC1. The first-order chi connectivity index (χ1) is 12.7. The Labute approximate surface area is 156 Å². The van der Waals surface area contributed by atoms with Crippen LogP contribution < -0.4 is 10.6 Å². The highest BCUT2D eigenvalue weighted by Crippen LogP contribution is 2.24. The lowest BCUT2D eigenvalue weighted by Gasteiger charge is -2.33. The van der Waals surface area contributed by atoms with E-state index in [1.54, 1.807) is 6.26 Å². The van der Waals surface area contributed by atoms with E-state index in [9.17, 15) is 4.79 Å². The highest BCUT2D eigenvalue weighted by Gasteiger charge is 2.24. The molecule has 1 aromatic heterocycles. The zero-order chi connectivity index (χ0) is 18.8. The van der Waals surface area contributed by atoms with Crippen LogP contribution in [0.4, 0.5) is 0 Å². The lowest BCUT2D eigenvalue weighted by molar-refractivity contribution is -0.144. The van der Waals surface area contributed by atoms with E-state index in [-0.39, 0.29) is 17.9 Å². The highest BCUT2D eigenvalue weighted by atomic mass is 16.5. The van der Waals surface area contributed by atoms with Gasteiger partial charge in [0, 0.05) is 13.1 Å². The van der Waals surface area contributed by atoms with Gasteiger partial charge in [0.05, 0.1) is 31.9 Å². The van der Waals surface area contributed by atoms with E-state index in [4.69, 9.17) is 9.15 Å². The molecule has 0 bridgehead atoms. The first-order valence-corrected chi connectivity index (χ1v) is 9.53. The molecule has 2 N–H and O–H groups in total. The predicted molar refractivity (Wildman–Crippen MR) is 102 cm³/mol. The van der Waals surface area contributed by atoms with Crippen LogP contribution >= 0.6 is 0 Å². The average molecular weight is 364 g/mol. The van der Waals surface area contributed by atoms with Crippen molar-refractivity contribution in [2.45, 2.75) is 39.2 Å². The van der Waals surface area contributed by atoms with Crippen LogP contribution in [0.5, 0.6) is 0 Å². The first-order valence-electron chi connectivity index (χ1n) is 9.53. The zero-order valence-corrected chi connectivity index (χ0v) is 16.2. The van der Waals surface area contributed by atoms with E-state index in [2.05, 4.69) is 20.5 Å². The van der Waals surface area contributed by atoms with Gasteiger partial charge in [0.1, 0.15) is 5.76 Å². The molecule has 0 aliphatic carbocycles. The predicted octanol–water partition coefficient (Wildman–Crippen LogP) is 2.17. The van der Waals surface area contributed by atoms with Crippen molar-refractivity contribution in [3.8, 4) is 0 Å². The van der Waals surface area contributed by atoms with Crippen LogP contribution in [0.3, 0.4) is 0 Å². The minimum Gasteiger partial charge on any atom is -0.469 e. The Bertz CT molecular complexity index is 553. The number of methoxy groups -OCH3 is 1. The normalized spacial score (nSPS) is 18.2. The fourth-order valence-corrected chi connectivity index (χ4v) is 3.16. The number of carbonyl (C=O) groups excluding carboxylic acids is 1. The molecule has 1 aliphatic heterocycles. The van der Waals surface area contributed by atoms with Crippen LogP contribution in [0.15, 0.2) is 27.8 Å². The Morgan fingerprint density at radius 1 is 1.35 bits per heavy atom. The molecular weight excluding hydrogens is 332 g/mol. The second-order valence-electron chi connectivity index (χ2n) is 6.65. The van der Waals surface area contributed by atoms with E-state index in [1.165, 1.54) is 26.4 Å². The summed E-state index contributed by atoms with van der Waals surface area (Å²) in [7, 11) is 1.40. The lowest BCUT2D eigenvalue weighted by atomic mass is 10.1. The second-order valence-corrected chi connectivity index (χ2v) is 6.65. The summed E-state index contributed by atoms with van der Waals surface area (Å²) in [5, 5.41) is 6.64. The molecule has 0 radical (unpaired) electrons. The molecule has 0 aromatic carbocycles. The number of esters is 1. The molecule has 7 nitrogen and oxygen atoms in total. The Balaban J connectivity index is 1.99. The van der Waals surface area contributed by atoms with Gasteiger partial charge in [0.2, 0.25) is 0 Å². The Hall–Kier alpha value is -2.02. The molecule has 146 valence electrons. The molecule has 0 amide bonds. The van der Waals surface area contributed by atoms with Gasteiger partial charge in [0.15, 0.2) is 5.96 Å². The van der Waals surface area contributed by atoms with E-state index >= 15 is 0 Å². The number of hydrogen-bond acceptors (Lipinski definition) is 5. The van der Waals surface area contributed by atoms with Crippen molar-refractivity contribution in [1.82, 2.24) is 15.5 Å². The van der Waals surface area contributed by atoms with Crippen molar-refractivity contribution in [3.63, 3.8) is 0 Å². The largest absolute Gasteiger partial charge is 0.469 e. The number of carbonyl (C=O) groups is 1. The first kappa shape index (κ1) is 20.3. The van der Waals surface area contributed by atoms with Crippen LogP contribution in [0.25, 0.3) is 0 Å². The Morgan fingerprint density at radius 3 is 2.73 bits per heavy atom. The number of aliphatic imine (C=N–C) groups is 1. The smallest absolute Gasteiger partial charge is 0.310 e. The number of furan rings is 1. The van der Waals surface area contributed by atoms with Gasteiger partial charge in [0.25, 0.3) is 0 Å². The van der Waals surface area contributed by atoms with Gasteiger partial charge in [-0.2, -0.15) is 0 Å². The monoisotopic (exact) mass is 364 g/mol. The molecule has 0 spiro atoms. The molecule has 1 fully saturated rings. The number of hydrogen-bond donors (Lipinski definition) is 2. The van der Waals surface area contributed by atoms with Crippen molar-refractivity contribution >= 4 is 11.9 Å². The van der Waals surface area contributed by atoms with Crippen molar-refractivity contribution in [2.75, 3.05) is 39.8 Å². The lowest BCUT2D eigenvalue weighted by Crippen LogP contribution is -2.44. The van der Waals surface area contributed by atoms with E-state index in [0.29, 0.717) is 19.0 Å². The van der Waals surface area contributed by atoms with Crippen LogP contribution in [0, 0.1) is 5.92 Å². The molecule has 2 rings (SSSR count). The Kier molecular flexibility index (Phi) is 8.47. The third kappa shape index (κ3) is 6.05. The maximum atomic E-state index is 11.6. The number of rotatable bonds is 8. The summed E-state index contributed by atoms with van der Waals surface area (Å²) in [6.07, 6.45) is 5.47. The van der Waals surface area contributed by atoms with Gasteiger partial charge in [-0.05, 0) is 45.0 Å². The topological polar surface area (TPSA) is 79.1 Å². The quantitative estimate of drug-likeness (QED) is 0.418. The van der Waals surface area contributed by atoms with Gasteiger partial charge >= 0.3 is 5.97 Å². The molecule has 2 atom stereocenters. The summed E-state index contributed by atoms with van der Waals surface area (Å²) in [6.45, 7) is 7.85. The number of nitrogens with zero attached hydrogens (tertiary/aromatic N) is 2. The number of piperidine rings is 1. The number of likely N-dealkylation sites (tertiary alicyclic amines) is 1. The highest BCUT2D eigenvalue weighted by molar-refractivity contribution is 5.80. The van der Waals surface area contributed by atoms with Crippen molar-refractivity contribution < 1.29 is 13.9 Å². The van der Waals surface area contributed by atoms with E-state index < -0.39 is 0 Å². The maximum absolute atomic E-state index is 11.6. The van der Waals surface area contributed by atoms with E-state index in [1.807, 2.05) is 26.0 Å². The fourth-order valence-electron chi connectivity index (χ4n) is 3.16. The molecule has 0 saturated carbocycles. The number of ether oxygens (including phenoxy) is 1. The van der Waals surface area contributed by atoms with Gasteiger partial charge < -0.3 is 19.8 Å². The maximum Gasteiger partial charge on any atom is 0.310 e. The van der Waals surface area contributed by atoms with Gasteiger partial charge in [-0.25, -0.2) is 0 Å². The third-order valence-electron chi connectivity index (χ3n) is 4.64. The summed E-state index contributed by atoms with van der Waals surface area (Å²) in [4.78, 5) is 18.6.